The predicted molar refractivity (Wildman–Crippen MR) is 77.8 cm³/mol. The number of aromatic nitrogens is 2. The van der Waals surface area contributed by atoms with Gasteiger partial charge in [-0.15, -0.1) is 0 Å². The summed E-state index contributed by atoms with van der Waals surface area (Å²) >= 11 is 0. The standard InChI is InChI=1S/C16H15F2N3/c1-21-15-7-10(9-19)5-6-14(15)20-16(21)8-11-12(17)3-2-4-13(11)18/h2-7H,8-9,19H2,1H3. The topological polar surface area (TPSA) is 43.8 Å². The van der Waals surface area contributed by atoms with Crippen LogP contribution in [0.3, 0.4) is 0 Å². The van der Waals surface area contributed by atoms with Gasteiger partial charge in [0.1, 0.15) is 17.5 Å². The second-order valence-corrected chi connectivity index (χ2v) is 4.99. The Hall–Kier alpha value is -2.27. The van der Waals surface area contributed by atoms with Crippen LogP contribution in [0.5, 0.6) is 0 Å². The molecule has 0 saturated carbocycles. The lowest BCUT2D eigenvalue weighted by atomic mass is 10.1. The van der Waals surface area contributed by atoms with Crippen LogP contribution in [-0.4, -0.2) is 9.55 Å². The zero-order valence-corrected chi connectivity index (χ0v) is 11.6. The number of fused-ring (bicyclic) bond motifs is 1. The highest BCUT2D eigenvalue weighted by molar-refractivity contribution is 5.77. The van der Waals surface area contributed by atoms with E-state index in [0.29, 0.717) is 12.4 Å². The van der Waals surface area contributed by atoms with Crippen molar-refractivity contribution in [1.82, 2.24) is 9.55 Å². The molecule has 0 fully saturated rings. The Labute approximate surface area is 121 Å². The zero-order chi connectivity index (χ0) is 15.0. The molecule has 5 heteroatoms. The van der Waals surface area contributed by atoms with E-state index in [1.165, 1.54) is 18.2 Å². The Morgan fingerprint density at radius 3 is 2.52 bits per heavy atom. The van der Waals surface area contributed by atoms with Gasteiger partial charge in [-0.3, -0.25) is 0 Å². The van der Waals surface area contributed by atoms with Crippen LogP contribution in [0.2, 0.25) is 0 Å². The highest BCUT2D eigenvalue weighted by Crippen LogP contribution is 2.21. The molecular weight excluding hydrogens is 272 g/mol. The first-order valence-corrected chi connectivity index (χ1v) is 6.67. The second kappa shape index (κ2) is 5.26. The third-order valence-corrected chi connectivity index (χ3v) is 3.67. The molecule has 0 aliphatic rings. The van der Waals surface area contributed by atoms with Gasteiger partial charge in [-0.05, 0) is 29.8 Å². The molecule has 0 bridgehead atoms. The molecule has 0 spiro atoms. The number of aryl methyl sites for hydroxylation is 1. The smallest absolute Gasteiger partial charge is 0.129 e. The summed E-state index contributed by atoms with van der Waals surface area (Å²) in [5.41, 5.74) is 8.36. The van der Waals surface area contributed by atoms with Crippen molar-refractivity contribution in [2.45, 2.75) is 13.0 Å². The summed E-state index contributed by atoms with van der Waals surface area (Å²) in [6.07, 6.45) is 0.113. The molecule has 0 aliphatic heterocycles. The van der Waals surface area contributed by atoms with Gasteiger partial charge < -0.3 is 10.3 Å². The van der Waals surface area contributed by atoms with E-state index in [2.05, 4.69) is 4.98 Å². The second-order valence-electron chi connectivity index (χ2n) is 4.99. The molecule has 3 aromatic rings. The van der Waals surface area contributed by atoms with Crippen molar-refractivity contribution in [3.05, 3.63) is 65.0 Å². The first-order valence-electron chi connectivity index (χ1n) is 6.67. The SMILES string of the molecule is Cn1c(Cc2c(F)cccc2F)nc2ccc(CN)cc21. The fraction of sp³-hybridized carbons (Fsp3) is 0.188. The molecule has 1 aromatic heterocycles. The average Bonchev–Trinajstić information content (AvgIpc) is 2.79. The summed E-state index contributed by atoms with van der Waals surface area (Å²) in [4.78, 5) is 4.45. The van der Waals surface area contributed by atoms with Crippen LogP contribution in [0.15, 0.2) is 36.4 Å². The number of hydrogen-bond donors (Lipinski definition) is 1. The molecule has 0 unspecified atom stereocenters. The van der Waals surface area contributed by atoms with Gasteiger partial charge in [0.05, 0.1) is 11.0 Å². The lowest BCUT2D eigenvalue weighted by Crippen LogP contribution is -2.03. The largest absolute Gasteiger partial charge is 0.331 e. The van der Waals surface area contributed by atoms with Crippen molar-refractivity contribution in [3.63, 3.8) is 0 Å². The van der Waals surface area contributed by atoms with Gasteiger partial charge in [0.15, 0.2) is 0 Å². The van der Waals surface area contributed by atoms with E-state index < -0.39 is 11.6 Å². The van der Waals surface area contributed by atoms with E-state index in [9.17, 15) is 8.78 Å². The number of imidazole rings is 1. The van der Waals surface area contributed by atoms with E-state index in [1.807, 2.05) is 29.8 Å². The maximum Gasteiger partial charge on any atom is 0.129 e. The van der Waals surface area contributed by atoms with Crippen molar-refractivity contribution in [1.29, 1.82) is 0 Å². The number of halogens is 2. The Bertz CT molecular complexity index is 788. The fourth-order valence-electron chi connectivity index (χ4n) is 2.43. The maximum atomic E-state index is 13.7. The predicted octanol–water partition coefficient (Wildman–Crippen LogP) is 2.90. The highest BCUT2D eigenvalue weighted by atomic mass is 19.1. The quantitative estimate of drug-likeness (QED) is 0.805. The van der Waals surface area contributed by atoms with E-state index in [1.54, 1.807) is 0 Å². The van der Waals surface area contributed by atoms with E-state index in [-0.39, 0.29) is 12.0 Å². The zero-order valence-electron chi connectivity index (χ0n) is 11.6. The maximum absolute atomic E-state index is 13.7. The Morgan fingerprint density at radius 1 is 1.14 bits per heavy atom. The van der Waals surface area contributed by atoms with Crippen LogP contribution >= 0.6 is 0 Å². The molecule has 108 valence electrons. The van der Waals surface area contributed by atoms with Gasteiger partial charge in [0.25, 0.3) is 0 Å². The van der Waals surface area contributed by atoms with Crippen LogP contribution in [0.25, 0.3) is 11.0 Å². The van der Waals surface area contributed by atoms with Gasteiger partial charge in [0.2, 0.25) is 0 Å². The lowest BCUT2D eigenvalue weighted by Gasteiger charge is -2.05. The Kier molecular flexibility index (Phi) is 3.43. The highest BCUT2D eigenvalue weighted by Gasteiger charge is 2.14. The monoisotopic (exact) mass is 287 g/mol. The number of nitrogens with two attached hydrogens (primary N) is 1. The normalized spacial score (nSPS) is 11.2. The minimum atomic E-state index is -0.551. The summed E-state index contributed by atoms with van der Waals surface area (Å²) < 4.78 is 29.3. The first kappa shape index (κ1) is 13.7. The molecule has 21 heavy (non-hydrogen) atoms. The molecule has 3 rings (SSSR count). The molecule has 0 radical (unpaired) electrons. The molecule has 0 aliphatic carbocycles. The van der Waals surface area contributed by atoms with Crippen LogP contribution in [0.1, 0.15) is 17.0 Å². The number of rotatable bonds is 3. The molecule has 0 atom stereocenters. The van der Waals surface area contributed by atoms with Crippen LogP contribution in [0.4, 0.5) is 8.78 Å². The summed E-state index contributed by atoms with van der Waals surface area (Å²) in [5, 5.41) is 0. The molecule has 0 saturated heterocycles. The Balaban J connectivity index is 2.07. The van der Waals surface area contributed by atoms with E-state index >= 15 is 0 Å². The third-order valence-electron chi connectivity index (χ3n) is 3.67. The summed E-state index contributed by atoms with van der Waals surface area (Å²) in [6.45, 7) is 0.443. The van der Waals surface area contributed by atoms with Crippen molar-refractivity contribution < 1.29 is 8.78 Å². The minimum absolute atomic E-state index is 0.0370. The Morgan fingerprint density at radius 2 is 1.86 bits per heavy atom. The van der Waals surface area contributed by atoms with Crippen molar-refractivity contribution in [3.8, 4) is 0 Å². The fourth-order valence-corrected chi connectivity index (χ4v) is 2.43. The van der Waals surface area contributed by atoms with Crippen LogP contribution < -0.4 is 5.73 Å². The van der Waals surface area contributed by atoms with Crippen LogP contribution in [0, 0.1) is 11.6 Å². The molecule has 3 nitrogen and oxygen atoms in total. The number of benzene rings is 2. The first-order chi connectivity index (χ1) is 10.1. The van der Waals surface area contributed by atoms with Gasteiger partial charge >= 0.3 is 0 Å². The molecular formula is C16H15F2N3. The van der Waals surface area contributed by atoms with Gasteiger partial charge in [0, 0.05) is 25.6 Å². The minimum Gasteiger partial charge on any atom is -0.331 e. The molecule has 0 amide bonds. The number of hydrogen-bond acceptors (Lipinski definition) is 2. The lowest BCUT2D eigenvalue weighted by molar-refractivity contribution is 0.558. The number of nitrogens with zero attached hydrogens (tertiary/aromatic N) is 2. The summed E-state index contributed by atoms with van der Waals surface area (Å²) in [6, 6.07) is 9.60. The molecule has 1 heterocycles. The van der Waals surface area contributed by atoms with Crippen molar-refractivity contribution in [2.24, 2.45) is 12.8 Å². The molecule has 2 N–H and O–H groups in total. The van der Waals surface area contributed by atoms with E-state index in [0.717, 1.165) is 16.6 Å². The molecule has 2 aromatic carbocycles. The van der Waals surface area contributed by atoms with Crippen molar-refractivity contribution >= 4 is 11.0 Å². The van der Waals surface area contributed by atoms with Gasteiger partial charge in [-0.25, -0.2) is 13.8 Å². The third kappa shape index (κ3) is 2.40. The average molecular weight is 287 g/mol. The van der Waals surface area contributed by atoms with E-state index in [4.69, 9.17) is 5.73 Å². The summed E-state index contributed by atoms with van der Waals surface area (Å²) in [5.74, 6) is -0.488. The van der Waals surface area contributed by atoms with Gasteiger partial charge in [-0.2, -0.15) is 0 Å². The van der Waals surface area contributed by atoms with Gasteiger partial charge in [-0.1, -0.05) is 12.1 Å². The summed E-state index contributed by atoms with van der Waals surface area (Å²) in [7, 11) is 1.84. The van der Waals surface area contributed by atoms with Crippen LogP contribution in [-0.2, 0) is 20.0 Å². The van der Waals surface area contributed by atoms with Crippen molar-refractivity contribution in [2.75, 3.05) is 0 Å².